The molecule has 0 radical (unpaired) electrons. The highest BCUT2D eigenvalue weighted by Gasteiger charge is 2.30. The number of hydrogen-bond acceptors (Lipinski definition) is 11. The zero-order chi connectivity index (χ0) is 39.8. The fourth-order valence-corrected chi connectivity index (χ4v) is 9.42. The van der Waals surface area contributed by atoms with Gasteiger partial charge < -0.3 is 18.9 Å². The minimum atomic E-state index is 0.572. The van der Waals surface area contributed by atoms with Gasteiger partial charge in [0, 0.05) is 106 Å². The van der Waals surface area contributed by atoms with Crippen LogP contribution in [0.25, 0.3) is 21.8 Å². The van der Waals surface area contributed by atoms with Crippen LogP contribution in [0.15, 0.2) is 79.1 Å². The van der Waals surface area contributed by atoms with Gasteiger partial charge in [0.05, 0.1) is 26.4 Å². The number of piperidine rings is 1. The van der Waals surface area contributed by atoms with Crippen molar-refractivity contribution in [2.24, 2.45) is 0 Å². The lowest BCUT2D eigenvalue weighted by Gasteiger charge is -2.40. The van der Waals surface area contributed by atoms with Gasteiger partial charge in [0.15, 0.2) is 11.5 Å². The number of hydrogen-bond donors (Lipinski definition) is 0. The molecule has 5 aromatic rings. The molecule has 0 atom stereocenters. The third-order valence-corrected chi connectivity index (χ3v) is 12.7. The molecule has 7 heterocycles. The predicted molar refractivity (Wildman–Crippen MR) is 232 cm³/mol. The molecule has 11 nitrogen and oxygen atoms in total. The van der Waals surface area contributed by atoms with Crippen LogP contribution in [-0.2, 0) is 42.2 Å². The van der Waals surface area contributed by atoms with E-state index < -0.39 is 0 Å². The van der Waals surface area contributed by atoms with E-state index in [4.69, 9.17) is 23.9 Å². The number of rotatable bonds is 10. The molecule has 0 bridgehead atoms. The Morgan fingerprint density at radius 1 is 0.593 bits per heavy atom. The molecule has 0 unspecified atom stereocenters. The maximum Gasteiger partial charge on any atom is 0.152 e. The Balaban J connectivity index is 0.000000160. The maximum atomic E-state index is 6.39. The van der Waals surface area contributed by atoms with Crippen molar-refractivity contribution in [3.8, 4) is 11.5 Å². The molecule has 2 aromatic heterocycles. The summed E-state index contributed by atoms with van der Waals surface area (Å²) in [6.07, 6.45) is 8.57. The lowest BCUT2D eigenvalue weighted by molar-refractivity contribution is 0.0246. The minimum Gasteiger partial charge on any atom is -0.475 e. The molecule has 3 aromatic carbocycles. The molecular weight excluding hydrogens is 739 g/mol. The van der Waals surface area contributed by atoms with Gasteiger partial charge in [-0.2, -0.15) is 0 Å². The van der Waals surface area contributed by atoms with E-state index in [1.165, 1.54) is 64.3 Å². The van der Waals surface area contributed by atoms with Gasteiger partial charge in [-0.3, -0.25) is 34.5 Å². The Morgan fingerprint density at radius 2 is 1.15 bits per heavy atom. The van der Waals surface area contributed by atoms with Crippen molar-refractivity contribution in [3.63, 3.8) is 0 Å². The summed E-state index contributed by atoms with van der Waals surface area (Å²) in [5.74, 6) is 1.97. The minimum absolute atomic E-state index is 0.572. The molecule has 59 heavy (non-hydrogen) atoms. The van der Waals surface area contributed by atoms with E-state index in [1.807, 2.05) is 24.5 Å². The molecular formula is C48H61N7O4. The summed E-state index contributed by atoms with van der Waals surface area (Å²) in [7, 11) is 0. The average Bonchev–Trinajstić information content (AvgIpc) is 3.30. The number of ether oxygens (including phenoxy) is 4. The Bertz CT molecular complexity index is 2130. The molecule has 5 aliphatic rings. The van der Waals surface area contributed by atoms with Gasteiger partial charge in [0.2, 0.25) is 0 Å². The van der Waals surface area contributed by atoms with Crippen LogP contribution in [-0.4, -0.2) is 126 Å². The van der Waals surface area contributed by atoms with E-state index in [2.05, 4.69) is 91.0 Å². The molecule has 10 rings (SSSR count). The van der Waals surface area contributed by atoms with E-state index in [-0.39, 0.29) is 0 Å². The molecule has 312 valence electrons. The van der Waals surface area contributed by atoms with E-state index in [0.717, 1.165) is 127 Å². The third kappa shape index (κ3) is 9.73. The second-order valence-electron chi connectivity index (χ2n) is 16.8. The molecule has 0 spiro atoms. The van der Waals surface area contributed by atoms with Gasteiger partial charge in [0.1, 0.15) is 24.5 Å². The van der Waals surface area contributed by atoms with E-state index in [9.17, 15) is 0 Å². The first-order valence-electron chi connectivity index (χ1n) is 22.1. The Morgan fingerprint density at radius 3 is 1.75 bits per heavy atom. The van der Waals surface area contributed by atoms with Crippen LogP contribution < -0.4 is 9.47 Å². The molecule has 11 heteroatoms. The molecule has 0 N–H and O–H groups in total. The summed E-state index contributed by atoms with van der Waals surface area (Å²) in [6, 6.07) is 24.5. The summed E-state index contributed by atoms with van der Waals surface area (Å²) in [5, 5.41) is 2.44. The molecule has 0 aliphatic carbocycles. The zero-order valence-corrected chi connectivity index (χ0v) is 34.9. The molecule has 0 amide bonds. The monoisotopic (exact) mass is 799 g/mol. The van der Waals surface area contributed by atoms with E-state index in [0.29, 0.717) is 19.5 Å². The highest BCUT2D eigenvalue weighted by Crippen LogP contribution is 2.38. The van der Waals surface area contributed by atoms with Gasteiger partial charge in [-0.1, -0.05) is 55.8 Å². The molecule has 0 saturated carbocycles. The summed E-state index contributed by atoms with van der Waals surface area (Å²) >= 11 is 0. The van der Waals surface area contributed by atoms with Gasteiger partial charge in [0.25, 0.3) is 0 Å². The van der Waals surface area contributed by atoms with Crippen molar-refractivity contribution in [2.45, 2.75) is 71.4 Å². The number of benzene rings is 3. The van der Waals surface area contributed by atoms with Crippen molar-refractivity contribution >= 4 is 21.8 Å². The number of pyridine rings is 2. The quantitative estimate of drug-likeness (QED) is 0.148. The van der Waals surface area contributed by atoms with Crippen molar-refractivity contribution in [1.29, 1.82) is 0 Å². The predicted octanol–water partition coefficient (Wildman–Crippen LogP) is 6.90. The highest BCUT2D eigenvalue weighted by atomic mass is 16.5. The van der Waals surface area contributed by atoms with Crippen LogP contribution in [0.2, 0.25) is 0 Å². The number of unbranched alkanes of at least 4 members (excludes halogenated alkanes) is 1. The van der Waals surface area contributed by atoms with Crippen molar-refractivity contribution in [2.75, 3.05) is 85.7 Å². The molecule has 3 fully saturated rings. The van der Waals surface area contributed by atoms with Crippen LogP contribution in [0.4, 0.5) is 0 Å². The van der Waals surface area contributed by atoms with Crippen LogP contribution in [0.5, 0.6) is 11.5 Å². The van der Waals surface area contributed by atoms with Gasteiger partial charge >= 0.3 is 0 Å². The topological polar surface area (TPSA) is 78.9 Å². The third-order valence-electron chi connectivity index (χ3n) is 12.7. The van der Waals surface area contributed by atoms with Gasteiger partial charge in [-0.05, 0) is 73.3 Å². The molecule has 5 aliphatic heterocycles. The first-order valence-corrected chi connectivity index (χ1v) is 22.1. The second-order valence-corrected chi connectivity index (χ2v) is 16.8. The largest absolute Gasteiger partial charge is 0.475 e. The zero-order valence-electron chi connectivity index (χ0n) is 34.9. The number of nitrogens with zero attached hydrogens (tertiary/aromatic N) is 7. The fourth-order valence-electron chi connectivity index (χ4n) is 9.42. The van der Waals surface area contributed by atoms with E-state index in [1.54, 1.807) is 0 Å². The fraction of sp³-hybridized carbons (Fsp3) is 0.500. The normalized spacial score (nSPS) is 20.0. The van der Waals surface area contributed by atoms with Crippen LogP contribution in [0.1, 0.15) is 60.4 Å². The Kier molecular flexibility index (Phi) is 13.3. The summed E-state index contributed by atoms with van der Waals surface area (Å²) in [4.78, 5) is 21.9. The SMILES string of the molecule is CCCCN1COc2c(cc(CN3CCOCC3)c3cccnc23)C1.c1ccc(CN2CCC(N3COc4c(cc(CN5CCOCC5)c5cccnc45)C3)CC2)cc1. The summed E-state index contributed by atoms with van der Waals surface area (Å²) in [6.45, 7) is 19.1. The first-order chi connectivity index (χ1) is 29.2. The maximum absolute atomic E-state index is 6.39. The van der Waals surface area contributed by atoms with E-state index >= 15 is 0 Å². The Hall–Kier alpha value is -4.20. The first kappa shape index (κ1) is 40.2. The number of fused-ring (bicyclic) bond motifs is 6. The highest BCUT2D eigenvalue weighted by molar-refractivity contribution is 5.90. The number of likely N-dealkylation sites (tertiary alicyclic amines) is 1. The number of aromatic nitrogens is 2. The average molecular weight is 800 g/mol. The van der Waals surface area contributed by atoms with Crippen LogP contribution >= 0.6 is 0 Å². The Labute approximate surface area is 349 Å². The smallest absolute Gasteiger partial charge is 0.152 e. The summed E-state index contributed by atoms with van der Waals surface area (Å²) in [5.41, 5.74) is 8.70. The van der Waals surface area contributed by atoms with Crippen LogP contribution in [0.3, 0.4) is 0 Å². The van der Waals surface area contributed by atoms with Crippen molar-refractivity contribution in [1.82, 2.24) is 34.5 Å². The van der Waals surface area contributed by atoms with Crippen LogP contribution in [0, 0.1) is 0 Å². The van der Waals surface area contributed by atoms with Crippen molar-refractivity contribution in [3.05, 3.63) is 107 Å². The second kappa shape index (κ2) is 19.5. The van der Waals surface area contributed by atoms with Gasteiger partial charge in [-0.25, -0.2) is 0 Å². The lowest BCUT2D eigenvalue weighted by atomic mass is 9.98. The summed E-state index contributed by atoms with van der Waals surface area (Å²) < 4.78 is 23.5. The standard InChI is InChI=1S/C28H34N4O2.C20H27N3O2/c1-2-5-22(6-3-1)18-30-11-8-25(9-12-30)32-20-24-17-23(19-31-13-15-33-16-14-31)26-7-4-10-29-27(26)28(24)34-21-32;1-2-3-7-23-14-17-12-16(13-22-8-10-24-11-9-22)18-5-4-6-21-19(18)20(17)25-15-23/h1-7,10,17,25H,8-9,11-16,18-21H2;4-6,12H,2-3,7-11,13-15H2,1H3. The van der Waals surface area contributed by atoms with Crippen molar-refractivity contribution < 1.29 is 18.9 Å². The van der Waals surface area contributed by atoms with Gasteiger partial charge in [-0.15, -0.1) is 0 Å². The number of morpholine rings is 2. The lowest BCUT2D eigenvalue weighted by Crippen LogP contribution is -2.47. The molecule has 3 saturated heterocycles.